The van der Waals surface area contributed by atoms with Crippen molar-refractivity contribution in [2.45, 2.75) is 13.5 Å². The minimum Gasteiger partial charge on any atom is -0.486 e. The van der Waals surface area contributed by atoms with Crippen molar-refractivity contribution in [1.29, 1.82) is 0 Å². The molecule has 0 amide bonds. The Bertz CT molecular complexity index is 592. The highest BCUT2D eigenvalue weighted by molar-refractivity contribution is 5.71. The number of aryl methyl sites for hydroxylation is 1. The minimum atomic E-state index is 0.601. The van der Waals surface area contributed by atoms with E-state index in [2.05, 4.69) is 15.5 Å². The summed E-state index contributed by atoms with van der Waals surface area (Å²) >= 11 is 0. The SMILES string of the molecule is CNCc1n[nH]c(C)c1-c1ccc2c(c1)OCCO2. The second-order valence-corrected chi connectivity index (χ2v) is 4.56. The minimum absolute atomic E-state index is 0.601. The Kier molecular flexibility index (Phi) is 3.13. The normalized spacial score (nSPS) is 13.6. The molecule has 2 aromatic rings. The van der Waals surface area contributed by atoms with Gasteiger partial charge in [-0.3, -0.25) is 5.10 Å². The zero-order valence-corrected chi connectivity index (χ0v) is 11.1. The van der Waals surface area contributed by atoms with Crippen LogP contribution >= 0.6 is 0 Å². The van der Waals surface area contributed by atoms with Crippen molar-refractivity contribution < 1.29 is 9.47 Å². The van der Waals surface area contributed by atoms with Gasteiger partial charge in [0.15, 0.2) is 11.5 Å². The van der Waals surface area contributed by atoms with E-state index >= 15 is 0 Å². The van der Waals surface area contributed by atoms with Crippen molar-refractivity contribution >= 4 is 0 Å². The summed E-state index contributed by atoms with van der Waals surface area (Å²) in [5, 5.41) is 10.5. The lowest BCUT2D eigenvalue weighted by atomic mass is 10.0. The van der Waals surface area contributed by atoms with Crippen LogP contribution < -0.4 is 14.8 Å². The molecule has 0 saturated heterocycles. The largest absolute Gasteiger partial charge is 0.486 e. The molecule has 5 nitrogen and oxygen atoms in total. The van der Waals surface area contributed by atoms with Crippen molar-refractivity contribution in [3.8, 4) is 22.6 Å². The number of hydrogen-bond donors (Lipinski definition) is 2. The topological polar surface area (TPSA) is 59.2 Å². The van der Waals surface area contributed by atoms with E-state index in [1.54, 1.807) is 0 Å². The van der Waals surface area contributed by atoms with E-state index in [9.17, 15) is 0 Å². The highest BCUT2D eigenvalue weighted by Gasteiger charge is 2.16. The standard InChI is InChI=1S/C14H17N3O2/c1-9-14(11(8-15-2)17-16-9)10-3-4-12-13(7-10)19-6-5-18-12/h3-4,7,15H,5-6,8H2,1-2H3,(H,16,17). The number of hydrogen-bond acceptors (Lipinski definition) is 4. The van der Waals surface area contributed by atoms with E-state index in [0.717, 1.165) is 40.6 Å². The molecule has 5 heteroatoms. The Morgan fingerprint density at radius 3 is 2.84 bits per heavy atom. The van der Waals surface area contributed by atoms with Gasteiger partial charge in [-0.15, -0.1) is 0 Å². The number of rotatable bonds is 3. The maximum atomic E-state index is 5.63. The lowest BCUT2D eigenvalue weighted by molar-refractivity contribution is 0.171. The van der Waals surface area contributed by atoms with Gasteiger partial charge in [-0.05, 0) is 31.7 Å². The summed E-state index contributed by atoms with van der Waals surface area (Å²) in [6.45, 7) is 3.97. The lowest BCUT2D eigenvalue weighted by Gasteiger charge is -2.19. The Morgan fingerprint density at radius 1 is 1.26 bits per heavy atom. The fraction of sp³-hybridized carbons (Fsp3) is 0.357. The molecule has 0 spiro atoms. The van der Waals surface area contributed by atoms with Crippen molar-refractivity contribution in [2.75, 3.05) is 20.3 Å². The monoisotopic (exact) mass is 259 g/mol. The Morgan fingerprint density at radius 2 is 2.05 bits per heavy atom. The molecule has 0 bridgehead atoms. The number of aromatic nitrogens is 2. The molecular formula is C14H17N3O2. The third-order valence-corrected chi connectivity index (χ3v) is 3.20. The van der Waals surface area contributed by atoms with Crippen LogP contribution in [0.2, 0.25) is 0 Å². The number of benzene rings is 1. The molecule has 0 radical (unpaired) electrons. The van der Waals surface area contributed by atoms with Crippen LogP contribution in [0.4, 0.5) is 0 Å². The molecule has 0 saturated carbocycles. The zero-order valence-electron chi connectivity index (χ0n) is 11.1. The molecule has 1 aromatic carbocycles. The van der Waals surface area contributed by atoms with Crippen molar-refractivity contribution in [3.05, 3.63) is 29.6 Å². The Hall–Kier alpha value is -2.01. The second kappa shape index (κ2) is 4.93. The van der Waals surface area contributed by atoms with E-state index in [-0.39, 0.29) is 0 Å². The molecule has 3 rings (SSSR count). The average Bonchev–Trinajstić information content (AvgIpc) is 2.80. The fourth-order valence-electron chi connectivity index (χ4n) is 2.36. The molecule has 2 N–H and O–H groups in total. The van der Waals surface area contributed by atoms with Crippen LogP contribution in [-0.4, -0.2) is 30.5 Å². The van der Waals surface area contributed by atoms with Crippen LogP contribution in [0.15, 0.2) is 18.2 Å². The average molecular weight is 259 g/mol. The summed E-state index contributed by atoms with van der Waals surface area (Å²) in [4.78, 5) is 0. The van der Waals surface area contributed by atoms with Crippen molar-refractivity contribution in [2.24, 2.45) is 0 Å². The third-order valence-electron chi connectivity index (χ3n) is 3.20. The highest BCUT2D eigenvalue weighted by Crippen LogP contribution is 2.36. The van der Waals surface area contributed by atoms with Gasteiger partial charge in [-0.2, -0.15) is 5.10 Å². The Labute approximate surface area is 111 Å². The third kappa shape index (κ3) is 2.17. The van der Waals surface area contributed by atoms with Gasteiger partial charge in [-0.1, -0.05) is 6.07 Å². The van der Waals surface area contributed by atoms with Crippen LogP contribution in [0.25, 0.3) is 11.1 Å². The molecule has 1 aliphatic heterocycles. The van der Waals surface area contributed by atoms with Gasteiger partial charge in [0.2, 0.25) is 0 Å². The summed E-state index contributed by atoms with van der Waals surface area (Å²) < 4.78 is 11.2. The first-order chi connectivity index (χ1) is 9.29. The van der Waals surface area contributed by atoms with Gasteiger partial charge in [-0.25, -0.2) is 0 Å². The maximum absolute atomic E-state index is 5.63. The number of ether oxygens (including phenoxy) is 2. The molecule has 100 valence electrons. The smallest absolute Gasteiger partial charge is 0.161 e. The van der Waals surface area contributed by atoms with Crippen LogP contribution in [0.5, 0.6) is 11.5 Å². The summed E-state index contributed by atoms with van der Waals surface area (Å²) in [6.07, 6.45) is 0. The van der Waals surface area contributed by atoms with Crippen LogP contribution in [0.1, 0.15) is 11.4 Å². The molecule has 19 heavy (non-hydrogen) atoms. The van der Waals surface area contributed by atoms with E-state index in [0.29, 0.717) is 13.2 Å². The molecule has 2 heterocycles. The number of nitrogens with one attached hydrogen (secondary N) is 2. The van der Waals surface area contributed by atoms with Crippen molar-refractivity contribution in [3.63, 3.8) is 0 Å². The van der Waals surface area contributed by atoms with E-state index in [1.165, 1.54) is 0 Å². The first kappa shape index (κ1) is 12.0. The lowest BCUT2D eigenvalue weighted by Crippen LogP contribution is -2.15. The molecule has 0 unspecified atom stereocenters. The molecule has 0 aliphatic carbocycles. The van der Waals surface area contributed by atoms with Gasteiger partial charge >= 0.3 is 0 Å². The number of aromatic amines is 1. The number of nitrogens with zero attached hydrogens (tertiary/aromatic N) is 1. The summed E-state index contributed by atoms with van der Waals surface area (Å²) in [6, 6.07) is 6.02. The Balaban J connectivity index is 2.04. The summed E-state index contributed by atoms with van der Waals surface area (Å²) in [5.41, 5.74) is 4.30. The first-order valence-corrected chi connectivity index (χ1v) is 6.38. The summed E-state index contributed by atoms with van der Waals surface area (Å²) in [7, 11) is 1.91. The molecule has 0 atom stereocenters. The molecule has 1 aromatic heterocycles. The zero-order chi connectivity index (χ0) is 13.2. The van der Waals surface area contributed by atoms with Crippen LogP contribution in [0.3, 0.4) is 0 Å². The predicted molar refractivity (Wildman–Crippen MR) is 72.5 cm³/mol. The maximum Gasteiger partial charge on any atom is 0.161 e. The van der Waals surface area contributed by atoms with Gasteiger partial charge in [0.25, 0.3) is 0 Å². The number of fused-ring (bicyclic) bond motifs is 1. The van der Waals surface area contributed by atoms with Gasteiger partial charge in [0.1, 0.15) is 13.2 Å². The molecular weight excluding hydrogens is 242 g/mol. The van der Waals surface area contributed by atoms with Gasteiger partial charge in [0.05, 0.1) is 5.69 Å². The van der Waals surface area contributed by atoms with E-state index in [1.807, 2.05) is 32.2 Å². The van der Waals surface area contributed by atoms with Gasteiger partial charge in [0, 0.05) is 17.8 Å². The van der Waals surface area contributed by atoms with Gasteiger partial charge < -0.3 is 14.8 Å². The second-order valence-electron chi connectivity index (χ2n) is 4.56. The molecule has 0 fully saturated rings. The number of H-pyrrole nitrogens is 1. The quantitative estimate of drug-likeness (QED) is 0.883. The van der Waals surface area contributed by atoms with Crippen LogP contribution in [-0.2, 0) is 6.54 Å². The van der Waals surface area contributed by atoms with E-state index in [4.69, 9.17) is 9.47 Å². The van der Waals surface area contributed by atoms with E-state index < -0.39 is 0 Å². The molecule has 1 aliphatic rings. The first-order valence-electron chi connectivity index (χ1n) is 6.38. The van der Waals surface area contributed by atoms with Crippen molar-refractivity contribution in [1.82, 2.24) is 15.5 Å². The highest BCUT2D eigenvalue weighted by atomic mass is 16.6. The fourth-order valence-corrected chi connectivity index (χ4v) is 2.36. The predicted octanol–water partition coefficient (Wildman–Crippen LogP) is 1.88. The van der Waals surface area contributed by atoms with Crippen LogP contribution in [0, 0.1) is 6.92 Å². The summed E-state index contributed by atoms with van der Waals surface area (Å²) in [5.74, 6) is 1.62.